The SMILES string of the molecule is CCNc1nc(C2CCC2)nc(CC)c1I. The number of nitrogens with one attached hydrogen (secondary N) is 1. The predicted molar refractivity (Wildman–Crippen MR) is 74.9 cm³/mol. The molecule has 1 aliphatic carbocycles. The molecule has 0 spiro atoms. The molecule has 0 aromatic carbocycles. The van der Waals surface area contributed by atoms with Gasteiger partial charge in [-0.05, 0) is 48.8 Å². The molecule has 1 fully saturated rings. The molecule has 0 saturated heterocycles. The van der Waals surface area contributed by atoms with E-state index >= 15 is 0 Å². The Morgan fingerprint density at radius 1 is 1.31 bits per heavy atom. The maximum Gasteiger partial charge on any atom is 0.143 e. The van der Waals surface area contributed by atoms with Crippen molar-refractivity contribution in [2.45, 2.75) is 45.4 Å². The predicted octanol–water partition coefficient (Wildman–Crippen LogP) is 3.34. The van der Waals surface area contributed by atoms with Gasteiger partial charge in [0.1, 0.15) is 11.6 Å². The van der Waals surface area contributed by atoms with E-state index in [0.717, 1.165) is 24.6 Å². The second kappa shape index (κ2) is 5.29. The molecular weight excluding hydrogens is 313 g/mol. The van der Waals surface area contributed by atoms with Gasteiger partial charge in [0, 0.05) is 12.5 Å². The summed E-state index contributed by atoms with van der Waals surface area (Å²) in [4.78, 5) is 9.36. The van der Waals surface area contributed by atoms with Crippen molar-refractivity contribution in [2.75, 3.05) is 11.9 Å². The van der Waals surface area contributed by atoms with E-state index in [1.807, 2.05) is 0 Å². The fourth-order valence-electron chi connectivity index (χ4n) is 1.88. The Morgan fingerprint density at radius 3 is 2.56 bits per heavy atom. The first-order valence-electron chi connectivity index (χ1n) is 6.06. The second-order valence-corrected chi connectivity index (χ2v) is 5.28. The van der Waals surface area contributed by atoms with Crippen LogP contribution in [0.15, 0.2) is 0 Å². The van der Waals surface area contributed by atoms with Gasteiger partial charge in [-0.1, -0.05) is 13.3 Å². The van der Waals surface area contributed by atoms with Crippen LogP contribution in [0.25, 0.3) is 0 Å². The van der Waals surface area contributed by atoms with Gasteiger partial charge in [0.15, 0.2) is 0 Å². The van der Waals surface area contributed by atoms with E-state index < -0.39 is 0 Å². The molecule has 2 rings (SSSR count). The first-order chi connectivity index (χ1) is 7.76. The van der Waals surface area contributed by atoms with E-state index in [0.29, 0.717) is 5.92 Å². The number of rotatable bonds is 4. The average molecular weight is 331 g/mol. The van der Waals surface area contributed by atoms with Gasteiger partial charge in [-0.3, -0.25) is 0 Å². The van der Waals surface area contributed by atoms with Crippen LogP contribution in [0.3, 0.4) is 0 Å². The van der Waals surface area contributed by atoms with Crippen LogP contribution in [0.2, 0.25) is 0 Å². The van der Waals surface area contributed by atoms with Gasteiger partial charge >= 0.3 is 0 Å². The summed E-state index contributed by atoms with van der Waals surface area (Å²) in [5, 5.41) is 3.34. The fraction of sp³-hybridized carbons (Fsp3) is 0.667. The maximum absolute atomic E-state index is 4.70. The molecule has 88 valence electrons. The molecule has 0 unspecified atom stereocenters. The van der Waals surface area contributed by atoms with E-state index in [1.54, 1.807) is 0 Å². The number of aryl methyl sites for hydroxylation is 1. The summed E-state index contributed by atoms with van der Waals surface area (Å²) >= 11 is 2.35. The third-order valence-corrected chi connectivity index (χ3v) is 4.22. The summed E-state index contributed by atoms with van der Waals surface area (Å²) < 4.78 is 1.19. The lowest BCUT2D eigenvalue weighted by atomic mass is 9.85. The number of hydrogen-bond donors (Lipinski definition) is 1. The molecule has 0 radical (unpaired) electrons. The Balaban J connectivity index is 2.34. The Hall–Kier alpha value is -0.390. The molecule has 1 saturated carbocycles. The summed E-state index contributed by atoms with van der Waals surface area (Å²) in [5.41, 5.74) is 1.19. The van der Waals surface area contributed by atoms with Gasteiger partial charge in [0.2, 0.25) is 0 Å². The van der Waals surface area contributed by atoms with E-state index in [2.05, 4.69) is 46.7 Å². The number of hydrogen-bond acceptors (Lipinski definition) is 3. The third-order valence-electron chi connectivity index (χ3n) is 3.09. The third kappa shape index (κ3) is 2.31. The molecule has 0 amide bonds. The fourth-order valence-corrected chi connectivity index (χ4v) is 2.69. The zero-order valence-corrected chi connectivity index (χ0v) is 12.0. The minimum absolute atomic E-state index is 0.611. The zero-order chi connectivity index (χ0) is 11.5. The van der Waals surface area contributed by atoms with Crippen LogP contribution < -0.4 is 5.32 Å². The first-order valence-corrected chi connectivity index (χ1v) is 7.14. The van der Waals surface area contributed by atoms with Crippen LogP contribution in [-0.4, -0.2) is 16.5 Å². The van der Waals surface area contributed by atoms with Gasteiger partial charge in [0.25, 0.3) is 0 Å². The van der Waals surface area contributed by atoms with Gasteiger partial charge in [-0.15, -0.1) is 0 Å². The molecule has 1 aliphatic rings. The minimum Gasteiger partial charge on any atom is -0.369 e. The van der Waals surface area contributed by atoms with Crippen molar-refractivity contribution in [3.63, 3.8) is 0 Å². The zero-order valence-electron chi connectivity index (χ0n) is 9.89. The largest absolute Gasteiger partial charge is 0.369 e. The number of aromatic nitrogens is 2. The number of nitrogens with zero attached hydrogens (tertiary/aromatic N) is 2. The van der Waals surface area contributed by atoms with Gasteiger partial charge in [-0.2, -0.15) is 0 Å². The number of halogens is 1. The van der Waals surface area contributed by atoms with E-state index in [-0.39, 0.29) is 0 Å². The van der Waals surface area contributed by atoms with Gasteiger partial charge in [0.05, 0.1) is 9.26 Å². The Labute approximate surface area is 111 Å². The molecule has 1 N–H and O–H groups in total. The molecule has 1 aromatic rings. The van der Waals surface area contributed by atoms with Crippen molar-refractivity contribution >= 4 is 28.4 Å². The Morgan fingerprint density at radius 2 is 2.06 bits per heavy atom. The highest BCUT2D eigenvalue weighted by Gasteiger charge is 2.24. The van der Waals surface area contributed by atoms with Gasteiger partial charge in [-0.25, -0.2) is 9.97 Å². The highest BCUT2D eigenvalue weighted by atomic mass is 127. The highest BCUT2D eigenvalue weighted by molar-refractivity contribution is 14.1. The van der Waals surface area contributed by atoms with Crippen LogP contribution >= 0.6 is 22.6 Å². The Kier molecular flexibility index (Phi) is 4.00. The van der Waals surface area contributed by atoms with E-state index in [1.165, 1.54) is 28.5 Å². The van der Waals surface area contributed by atoms with E-state index in [4.69, 9.17) is 4.98 Å². The summed E-state index contributed by atoms with van der Waals surface area (Å²) in [5.74, 6) is 2.69. The normalized spacial score (nSPS) is 15.9. The molecule has 3 nitrogen and oxygen atoms in total. The van der Waals surface area contributed by atoms with Crippen molar-refractivity contribution in [2.24, 2.45) is 0 Å². The molecule has 0 aliphatic heterocycles. The van der Waals surface area contributed by atoms with Crippen molar-refractivity contribution in [3.8, 4) is 0 Å². The number of anilines is 1. The monoisotopic (exact) mass is 331 g/mol. The summed E-state index contributed by atoms with van der Waals surface area (Å²) in [6.45, 7) is 5.18. The molecule has 0 atom stereocenters. The Bertz CT molecular complexity index is 375. The molecule has 0 bridgehead atoms. The van der Waals surface area contributed by atoms with Crippen molar-refractivity contribution in [1.82, 2.24) is 9.97 Å². The minimum atomic E-state index is 0.611. The lowest BCUT2D eigenvalue weighted by molar-refractivity contribution is 0.400. The van der Waals surface area contributed by atoms with Crippen LogP contribution in [0.5, 0.6) is 0 Å². The summed E-state index contributed by atoms with van der Waals surface area (Å²) in [6.07, 6.45) is 4.83. The molecular formula is C12H18IN3. The highest BCUT2D eigenvalue weighted by Crippen LogP contribution is 2.35. The summed E-state index contributed by atoms with van der Waals surface area (Å²) in [6, 6.07) is 0. The average Bonchev–Trinajstić information content (AvgIpc) is 2.20. The quantitative estimate of drug-likeness (QED) is 0.860. The van der Waals surface area contributed by atoms with Crippen LogP contribution in [0.4, 0.5) is 5.82 Å². The van der Waals surface area contributed by atoms with E-state index in [9.17, 15) is 0 Å². The topological polar surface area (TPSA) is 37.8 Å². The maximum atomic E-state index is 4.70. The molecule has 1 aromatic heterocycles. The van der Waals surface area contributed by atoms with Crippen LogP contribution in [0, 0.1) is 3.57 Å². The van der Waals surface area contributed by atoms with Crippen LogP contribution in [-0.2, 0) is 6.42 Å². The van der Waals surface area contributed by atoms with Crippen molar-refractivity contribution < 1.29 is 0 Å². The molecule has 4 heteroatoms. The van der Waals surface area contributed by atoms with Crippen molar-refractivity contribution in [1.29, 1.82) is 0 Å². The lowest BCUT2D eigenvalue weighted by Gasteiger charge is -2.25. The first kappa shape index (κ1) is 12.1. The molecule has 1 heterocycles. The second-order valence-electron chi connectivity index (χ2n) is 4.20. The van der Waals surface area contributed by atoms with Crippen molar-refractivity contribution in [3.05, 3.63) is 15.1 Å². The lowest BCUT2D eigenvalue weighted by Crippen LogP contribution is -2.16. The van der Waals surface area contributed by atoms with Crippen LogP contribution in [0.1, 0.15) is 50.5 Å². The molecule has 16 heavy (non-hydrogen) atoms. The standard InChI is InChI=1S/C12H18IN3/c1-3-9-10(13)12(14-4-2)16-11(15-9)8-6-5-7-8/h8H,3-7H2,1-2H3,(H,14,15,16). The summed E-state index contributed by atoms with van der Waals surface area (Å²) in [7, 11) is 0. The van der Waals surface area contributed by atoms with Gasteiger partial charge < -0.3 is 5.32 Å². The smallest absolute Gasteiger partial charge is 0.143 e.